The molecule has 0 saturated heterocycles. The molecule has 9 heteroatoms. The summed E-state index contributed by atoms with van der Waals surface area (Å²) in [6, 6.07) is 0. The van der Waals surface area contributed by atoms with E-state index in [9.17, 15) is 28.1 Å². The highest BCUT2D eigenvalue weighted by atomic mass is 19.3. The van der Waals surface area contributed by atoms with Gasteiger partial charge in [-0.15, -0.1) is 0 Å². The summed E-state index contributed by atoms with van der Waals surface area (Å²) in [7, 11) is 0. The molecule has 0 amide bonds. The lowest BCUT2D eigenvalue weighted by Crippen LogP contribution is -2.13. The highest BCUT2D eigenvalue weighted by Crippen LogP contribution is 2.32. The Kier molecular flexibility index (Phi) is 4.79. The third-order valence-electron chi connectivity index (χ3n) is 2.17. The molecule has 6 nitrogen and oxygen atoms in total. The van der Waals surface area contributed by atoms with E-state index in [1.165, 1.54) is 6.92 Å². The predicted molar refractivity (Wildman–Crippen MR) is 56.1 cm³/mol. The average Bonchev–Trinajstić information content (AvgIpc) is 2.31. The Bertz CT molecular complexity index is 508. The first-order valence-corrected chi connectivity index (χ1v) is 5.13. The van der Waals surface area contributed by atoms with Crippen molar-refractivity contribution in [3.05, 3.63) is 33.4 Å². The lowest BCUT2D eigenvalue weighted by Gasteiger charge is -2.07. The van der Waals surface area contributed by atoms with Crippen molar-refractivity contribution in [1.29, 1.82) is 0 Å². The minimum Gasteiger partial charge on any atom is -0.466 e. The Morgan fingerprint density at radius 2 is 2.21 bits per heavy atom. The summed E-state index contributed by atoms with van der Waals surface area (Å²) in [4.78, 5) is 23.8. The van der Waals surface area contributed by atoms with E-state index in [2.05, 4.69) is 9.72 Å². The molecule has 1 heterocycles. The summed E-state index contributed by atoms with van der Waals surface area (Å²) in [5, 5.41) is 10.8. The highest BCUT2D eigenvalue weighted by molar-refractivity contribution is 5.74. The number of hydrogen-bond donors (Lipinski definition) is 0. The van der Waals surface area contributed by atoms with E-state index in [1.54, 1.807) is 0 Å². The molecule has 0 aliphatic carbocycles. The Balaban J connectivity index is 3.31. The number of esters is 1. The van der Waals surface area contributed by atoms with Gasteiger partial charge in [-0.1, -0.05) is 0 Å². The van der Waals surface area contributed by atoms with Crippen molar-refractivity contribution in [1.82, 2.24) is 4.98 Å². The first kappa shape index (κ1) is 14.9. The van der Waals surface area contributed by atoms with Gasteiger partial charge in [-0.2, -0.15) is 4.39 Å². The van der Waals surface area contributed by atoms with Crippen LogP contribution in [0.3, 0.4) is 0 Å². The van der Waals surface area contributed by atoms with E-state index >= 15 is 0 Å². The second-order valence-electron chi connectivity index (χ2n) is 3.37. The molecule has 1 aromatic rings. The topological polar surface area (TPSA) is 82.3 Å². The lowest BCUT2D eigenvalue weighted by atomic mass is 10.1. The lowest BCUT2D eigenvalue weighted by molar-refractivity contribution is -0.387. The number of hydrogen-bond acceptors (Lipinski definition) is 5. The second kappa shape index (κ2) is 6.12. The van der Waals surface area contributed by atoms with Gasteiger partial charge in [0.25, 0.3) is 12.1 Å². The van der Waals surface area contributed by atoms with Gasteiger partial charge >= 0.3 is 5.97 Å². The summed E-state index contributed by atoms with van der Waals surface area (Å²) in [5.41, 5.74) is -2.98. The van der Waals surface area contributed by atoms with Crippen LogP contribution in [0.4, 0.5) is 18.9 Å². The van der Waals surface area contributed by atoms with Crippen molar-refractivity contribution >= 4 is 11.7 Å². The molecule has 1 aromatic heterocycles. The third-order valence-corrected chi connectivity index (χ3v) is 2.17. The molecule has 0 saturated carbocycles. The summed E-state index contributed by atoms with van der Waals surface area (Å²) in [6.07, 6.45) is -3.65. The van der Waals surface area contributed by atoms with E-state index in [1.807, 2.05) is 0 Å². The molecule has 0 radical (unpaired) electrons. The fourth-order valence-corrected chi connectivity index (χ4v) is 1.43. The molecule has 0 spiro atoms. The highest BCUT2D eigenvalue weighted by Gasteiger charge is 2.30. The zero-order valence-electron chi connectivity index (χ0n) is 9.73. The summed E-state index contributed by atoms with van der Waals surface area (Å²) < 4.78 is 43.1. The number of nitro groups is 1. The van der Waals surface area contributed by atoms with E-state index in [0.717, 1.165) is 0 Å². The van der Waals surface area contributed by atoms with E-state index in [0.29, 0.717) is 6.20 Å². The molecule has 0 atom stereocenters. The van der Waals surface area contributed by atoms with Gasteiger partial charge in [0.05, 0.1) is 23.5 Å². The largest absolute Gasteiger partial charge is 0.466 e. The summed E-state index contributed by atoms with van der Waals surface area (Å²) in [6.45, 7) is 1.46. The number of pyridine rings is 1. The van der Waals surface area contributed by atoms with Crippen LogP contribution in [-0.4, -0.2) is 22.5 Å². The van der Waals surface area contributed by atoms with Crippen molar-refractivity contribution in [2.24, 2.45) is 0 Å². The zero-order valence-corrected chi connectivity index (χ0v) is 9.73. The second-order valence-corrected chi connectivity index (χ2v) is 3.37. The van der Waals surface area contributed by atoms with Crippen LogP contribution in [0.25, 0.3) is 0 Å². The first-order chi connectivity index (χ1) is 8.88. The molecule has 104 valence electrons. The SMILES string of the molecule is CCOC(=O)Cc1c(F)ncc(C(F)F)c1[N+](=O)[O-]. The van der Waals surface area contributed by atoms with Crippen LogP contribution in [0.5, 0.6) is 0 Å². The van der Waals surface area contributed by atoms with Gasteiger partial charge in [-0.05, 0) is 6.92 Å². The van der Waals surface area contributed by atoms with Crippen LogP contribution in [-0.2, 0) is 16.0 Å². The Morgan fingerprint density at radius 3 is 2.68 bits per heavy atom. The Morgan fingerprint density at radius 1 is 1.58 bits per heavy atom. The maximum Gasteiger partial charge on any atom is 0.310 e. The number of ether oxygens (including phenoxy) is 1. The summed E-state index contributed by atoms with van der Waals surface area (Å²) >= 11 is 0. The molecular weight excluding hydrogens is 269 g/mol. The van der Waals surface area contributed by atoms with Gasteiger partial charge in [-0.3, -0.25) is 14.9 Å². The standard InChI is InChI=1S/C10H9F3N2O4/c1-2-19-7(16)3-5-8(15(17)18)6(9(11)12)4-14-10(5)13/h4,9H,2-3H2,1H3. The molecule has 0 fully saturated rings. The molecule has 1 rings (SSSR count). The predicted octanol–water partition coefficient (Wildman–Crippen LogP) is 2.17. The minimum absolute atomic E-state index is 0.0176. The number of halogens is 3. The van der Waals surface area contributed by atoms with Crippen molar-refractivity contribution in [2.75, 3.05) is 6.61 Å². The monoisotopic (exact) mass is 278 g/mol. The molecule has 0 unspecified atom stereocenters. The summed E-state index contributed by atoms with van der Waals surface area (Å²) in [5.74, 6) is -2.30. The zero-order chi connectivity index (χ0) is 14.6. The van der Waals surface area contributed by atoms with E-state index in [-0.39, 0.29) is 6.61 Å². The van der Waals surface area contributed by atoms with Crippen molar-refractivity contribution in [2.45, 2.75) is 19.8 Å². The molecule has 0 aliphatic heterocycles. The van der Waals surface area contributed by atoms with Crippen LogP contribution in [0.2, 0.25) is 0 Å². The maximum absolute atomic E-state index is 13.4. The fourth-order valence-electron chi connectivity index (χ4n) is 1.43. The molecule has 0 bridgehead atoms. The van der Waals surface area contributed by atoms with Crippen LogP contribution < -0.4 is 0 Å². The molecule has 0 N–H and O–H groups in total. The van der Waals surface area contributed by atoms with Crippen molar-refractivity contribution in [3.8, 4) is 0 Å². The molecule has 0 aliphatic rings. The van der Waals surface area contributed by atoms with E-state index < -0.39 is 46.5 Å². The molecule has 19 heavy (non-hydrogen) atoms. The maximum atomic E-state index is 13.4. The number of nitrogens with zero attached hydrogens (tertiary/aromatic N) is 2. The molecule has 0 aromatic carbocycles. The molecular formula is C10H9F3N2O4. The van der Waals surface area contributed by atoms with Crippen LogP contribution in [0, 0.1) is 16.1 Å². The van der Waals surface area contributed by atoms with Gasteiger partial charge in [0.2, 0.25) is 5.95 Å². The number of aromatic nitrogens is 1. The Hall–Kier alpha value is -2.19. The fraction of sp³-hybridized carbons (Fsp3) is 0.400. The van der Waals surface area contributed by atoms with Gasteiger partial charge in [0, 0.05) is 6.20 Å². The van der Waals surface area contributed by atoms with Gasteiger partial charge in [-0.25, -0.2) is 13.8 Å². The van der Waals surface area contributed by atoms with Crippen LogP contribution >= 0.6 is 0 Å². The van der Waals surface area contributed by atoms with Crippen molar-refractivity contribution in [3.63, 3.8) is 0 Å². The quantitative estimate of drug-likeness (QED) is 0.357. The minimum atomic E-state index is -3.20. The van der Waals surface area contributed by atoms with Gasteiger partial charge in [0.1, 0.15) is 5.56 Å². The van der Waals surface area contributed by atoms with Crippen molar-refractivity contribution < 1.29 is 27.6 Å². The normalized spacial score (nSPS) is 10.6. The first-order valence-electron chi connectivity index (χ1n) is 5.13. The number of carbonyl (C=O) groups is 1. The number of carbonyl (C=O) groups excluding carboxylic acids is 1. The van der Waals surface area contributed by atoms with Gasteiger partial charge in [0.15, 0.2) is 0 Å². The number of rotatable bonds is 5. The van der Waals surface area contributed by atoms with Gasteiger partial charge < -0.3 is 4.74 Å². The van der Waals surface area contributed by atoms with Crippen LogP contribution in [0.1, 0.15) is 24.5 Å². The number of alkyl halides is 2. The third kappa shape index (κ3) is 3.39. The average molecular weight is 278 g/mol. The smallest absolute Gasteiger partial charge is 0.310 e. The van der Waals surface area contributed by atoms with E-state index in [4.69, 9.17) is 0 Å². The Labute approximate surface area is 105 Å². The van der Waals surface area contributed by atoms with Crippen LogP contribution in [0.15, 0.2) is 6.20 Å².